The van der Waals surface area contributed by atoms with Gasteiger partial charge in [0.2, 0.25) is 17.6 Å². The lowest BCUT2D eigenvalue weighted by Gasteiger charge is -2.18. The van der Waals surface area contributed by atoms with Crippen molar-refractivity contribution in [3.63, 3.8) is 0 Å². The summed E-state index contributed by atoms with van der Waals surface area (Å²) in [5.41, 5.74) is 0.610. The topological polar surface area (TPSA) is 67.2 Å². The smallest absolute Gasteiger partial charge is 0.238 e. The molecule has 0 unspecified atom stereocenters. The molecule has 2 N–H and O–H groups in total. The van der Waals surface area contributed by atoms with Crippen LogP contribution in [0.4, 0.5) is 27.6 Å². The average molecular weight is 554 g/mol. The van der Waals surface area contributed by atoms with Crippen LogP contribution < -0.4 is 10.6 Å². The second kappa shape index (κ2) is 10.6. The van der Waals surface area contributed by atoms with Gasteiger partial charge in [0.05, 0.1) is 5.92 Å². The number of hydrogen-bond donors (Lipinski definition) is 2. The fourth-order valence-electron chi connectivity index (χ4n) is 4.04. The number of fused-ring (bicyclic) bond motifs is 1. The third-order valence-electron chi connectivity index (χ3n) is 5.83. The van der Waals surface area contributed by atoms with Crippen LogP contribution in [0.2, 0.25) is 0 Å². The van der Waals surface area contributed by atoms with Gasteiger partial charge in [0.15, 0.2) is 34.0 Å². The molecule has 0 atom stereocenters. The molecule has 0 aliphatic heterocycles. The normalized spacial score (nSPS) is 11.1. The Hall–Kier alpha value is -4.64. The predicted octanol–water partition coefficient (Wildman–Crippen LogP) is 6.84. The molecule has 5 rings (SSSR count). The van der Waals surface area contributed by atoms with Crippen LogP contribution in [0.3, 0.4) is 0 Å². The maximum atomic E-state index is 14.2. The summed E-state index contributed by atoms with van der Waals surface area (Å²) in [6.45, 7) is 0. The van der Waals surface area contributed by atoms with E-state index in [1.165, 1.54) is 18.2 Å². The molecule has 11 heteroatoms. The standard InChI is InChI=1S/C28H16F5N3O2S/c29-21-20(22(30)24(32)25(33)23(21)31)27-35-17-13-16(11-12-18(17)38-27)34-28(39)36-26(37)19(14-7-3-1-4-8-14)15-9-5-2-6-10-15/h1-13,19H,(H2,34,36,37,39). The monoisotopic (exact) mass is 553 g/mol. The molecule has 0 aliphatic carbocycles. The molecular formula is C28H16F5N3O2S. The minimum absolute atomic E-state index is 0.0164. The summed E-state index contributed by atoms with van der Waals surface area (Å²) in [5.74, 6) is -12.5. The zero-order valence-electron chi connectivity index (χ0n) is 19.6. The van der Waals surface area contributed by atoms with Crippen molar-refractivity contribution in [2.24, 2.45) is 0 Å². The van der Waals surface area contributed by atoms with Crippen LogP contribution in [0.15, 0.2) is 83.3 Å². The van der Waals surface area contributed by atoms with E-state index >= 15 is 0 Å². The summed E-state index contributed by atoms with van der Waals surface area (Å²) in [4.78, 5) is 17.1. The number of carbonyl (C=O) groups excluding carboxylic acids is 1. The number of thiocarbonyl (C=S) groups is 1. The van der Waals surface area contributed by atoms with Gasteiger partial charge in [-0.25, -0.2) is 26.9 Å². The van der Waals surface area contributed by atoms with Crippen LogP contribution in [0.5, 0.6) is 0 Å². The van der Waals surface area contributed by atoms with Gasteiger partial charge in [-0.1, -0.05) is 60.7 Å². The second-order valence-corrected chi connectivity index (χ2v) is 8.75. The first kappa shape index (κ1) is 26.0. The molecule has 5 aromatic rings. The van der Waals surface area contributed by atoms with Gasteiger partial charge in [-0.15, -0.1) is 0 Å². The number of hydrogen-bond acceptors (Lipinski definition) is 4. The van der Waals surface area contributed by atoms with Crippen molar-refractivity contribution in [1.82, 2.24) is 10.3 Å². The van der Waals surface area contributed by atoms with Crippen molar-refractivity contribution in [2.75, 3.05) is 5.32 Å². The van der Waals surface area contributed by atoms with Crippen LogP contribution >= 0.6 is 12.2 Å². The minimum Gasteiger partial charge on any atom is -0.436 e. The molecule has 0 saturated heterocycles. The van der Waals surface area contributed by atoms with E-state index < -0.39 is 46.5 Å². The maximum absolute atomic E-state index is 14.2. The molecule has 39 heavy (non-hydrogen) atoms. The van der Waals surface area contributed by atoms with E-state index in [1.54, 1.807) is 0 Å². The highest BCUT2D eigenvalue weighted by molar-refractivity contribution is 7.80. The van der Waals surface area contributed by atoms with Crippen LogP contribution in [-0.2, 0) is 4.79 Å². The zero-order valence-corrected chi connectivity index (χ0v) is 20.5. The third-order valence-corrected chi connectivity index (χ3v) is 6.04. The van der Waals surface area contributed by atoms with E-state index in [9.17, 15) is 26.7 Å². The Morgan fingerprint density at radius 2 is 1.31 bits per heavy atom. The van der Waals surface area contributed by atoms with Gasteiger partial charge >= 0.3 is 0 Å². The molecule has 0 aliphatic rings. The Morgan fingerprint density at radius 1 is 0.769 bits per heavy atom. The van der Waals surface area contributed by atoms with Crippen LogP contribution in [0, 0.1) is 29.1 Å². The maximum Gasteiger partial charge on any atom is 0.238 e. The van der Waals surface area contributed by atoms with Crippen molar-refractivity contribution in [2.45, 2.75) is 5.92 Å². The van der Waals surface area contributed by atoms with E-state index in [2.05, 4.69) is 15.6 Å². The summed E-state index contributed by atoms with van der Waals surface area (Å²) < 4.78 is 74.3. The lowest BCUT2D eigenvalue weighted by molar-refractivity contribution is -0.120. The first-order chi connectivity index (χ1) is 18.7. The van der Waals surface area contributed by atoms with E-state index in [4.69, 9.17) is 16.6 Å². The Bertz CT molecular complexity index is 1640. The van der Waals surface area contributed by atoms with Crippen molar-refractivity contribution in [3.05, 3.63) is 119 Å². The molecule has 5 nitrogen and oxygen atoms in total. The zero-order chi connectivity index (χ0) is 27.7. The van der Waals surface area contributed by atoms with Crippen molar-refractivity contribution < 1.29 is 31.2 Å². The Labute approximate surface area is 223 Å². The molecule has 4 aromatic carbocycles. The summed E-state index contributed by atoms with van der Waals surface area (Å²) in [5, 5.41) is 5.44. The first-order valence-corrected chi connectivity index (χ1v) is 11.8. The number of oxazole rings is 1. The number of anilines is 1. The van der Waals surface area contributed by atoms with E-state index in [0.717, 1.165) is 11.1 Å². The quantitative estimate of drug-likeness (QED) is 0.108. The fourth-order valence-corrected chi connectivity index (χ4v) is 4.26. The van der Waals surface area contributed by atoms with Gasteiger partial charge < -0.3 is 15.1 Å². The SMILES string of the molecule is O=C(NC(=S)Nc1ccc2oc(-c3c(F)c(F)c(F)c(F)c3F)nc2c1)C(c1ccccc1)c1ccccc1. The van der Waals surface area contributed by atoms with Gasteiger partial charge in [-0.2, -0.15) is 0 Å². The number of halogens is 5. The van der Waals surface area contributed by atoms with Crippen LogP contribution in [0.1, 0.15) is 17.0 Å². The number of aromatic nitrogens is 1. The highest BCUT2D eigenvalue weighted by Crippen LogP contribution is 2.33. The van der Waals surface area contributed by atoms with Crippen LogP contribution in [0.25, 0.3) is 22.6 Å². The molecule has 1 amide bonds. The van der Waals surface area contributed by atoms with E-state index in [-0.39, 0.29) is 22.1 Å². The molecule has 0 fully saturated rings. The highest BCUT2D eigenvalue weighted by atomic mass is 32.1. The summed E-state index contributed by atoms with van der Waals surface area (Å²) in [6, 6.07) is 22.5. The fraction of sp³-hybridized carbons (Fsp3) is 0.0357. The average Bonchev–Trinajstić information content (AvgIpc) is 3.35. The number of nitrogens with one attached hydrogen (secondary N) is 2. The van der Waals surface area contributed by atoms with E-state index in [1.807, 2.05) is 60.7 Å². The Balaban J connectivity index is 1.38. The largest absolute Gasteiger partial charge is 0.436 e. The lowest BCUT2D eigenvalue weighted by Crippen LogP contribution is -2.37. The van der Waals surface area contributed by atoms with Gasteiger partial charge in [0.25, 0.3) is 0 Å². The molecular weight excluding hydrogens is 537 g/mol. The molecule has 0 radical (unpaired) electrons. The highest BCUT2D eigenvalue weighted by Gasteiger charge is 2.29. The van der Waals surface area contributed by atoms with Gasteiger partial charge in [0, 0.05) is 5.69 Å². The number of carbonyl (C=O) groups is 1. The Kier molecular flexibility index (Phi) is 7.07. The number of benzene rings is 4. The number of nitrogens with zero attached hydrogens (tertiary/aromatic N) is 1. The second-order valence-electron chi connectivity index (χ2n) is 8.34. The van der Waals surface area contributed by atoms with Gasteiger partial charge in [0.1, 0.15) is 11.1 Å². The van der Waals surface area contributed by atoms with Crippen LogP contribution in [-0.4, -0.2) is 16.0 Å². The number of rotatable bonds is 5. The number of amides is 1. The molecule has 0 bridgehead atoms. The van der Waals surface area contributed by atoms with Crippen molar-refractivity contribution in [1.29, 1.82) is 0 Å². The summed E-state index contributed by atoms with van der Waals surface area (Å²) in [7, 11) is 0. The Morgan fingerprint density at radius 3 is 1.87 bits per heavy atom. The summed E-state index contributed by atoms with van der Waals surface area (Å²) in [6.07, 6.45) is 0. The van der Waals surface area contributed by atoms with E-state index in [0.29, 0.717) is 5.69 Å². The van der Waals surface area contributed by atoms with Gasteiger partial charge in [-0.05, 0) is 41.5 Å². The molecule has 1 aromatic heterocycles. The minimum atomic E-state index is -2.28. The van der Waals surface area contributed by atoms with Crippen molar-refractivity contribution in [3.8, 4) is 11.5 Å². The first-order valence-electron chi connectivity index (χ1n) is 11.4. The molecule has 196 valence electrons. The predicted molar refractivity (Wildman–Crippen MR) is 138 cm³/mol. The van der Waals surface area contributed by atoms with Gasteiger partial charge in [-0.3, -0.25) is 4.79 Å². The summed E-state index contributed by atoms with van der Waals surface area (Å²) >= 11 is 5.31. The molecule has 0 spiro atoms. The molecule has 0 saturated carbocycles. The lowest BCUT2D eigenvalue weighted by atomic mass is 9.90. The molecule has 1 heterocycles. The van der Waals surface area contributed by atoms with Crippen molar-refractivity contribution >= 4 is 40.0 Å². The third kappa shape index (κ3) is 5.08.